The van der Waals surface area contributed by atoms with Gasteiger partial charge in [-0.05, 0) is 0 Å². The highest BCUT2D eigenvalue weighted by Crippen LogP contribution is 1.52. The molecule has 3 heteroatoms. The van der Waals surface area contributed by atoms with E-state index in [1.54, 1.807) is 0 Å². The monoisotopic (exact) mass is 89.0 g/mol. The van der Waals surface area contributed by atoms with E-state index in [2.05, 4.69) is 0 Å². The van der Waals surface area contributed by atoms with E-state index in [1.165, 1.54) is 6.08 Å². The van der Waals surface area contributed by atoms with Crippen molar-refractivity contribution in [3.63, 3.8) is 0 Å². The van der Waals surface area contributed by atoms with Crippen LogP contribution in [0.15, 0.2) is 12.3 Å². The Kier molecular flexibility index (Phi) is 4.06. The van der Waals surface area contributed by atoms with Crippen molar-refractivity contribution in [2.75, 3.05) is 6.54 Å². The molecule has 0 unspecified atom stereocenters. The molecule has 0 amide bonds. The van der Waals surface area contributed by atoms with E-state index in [-0.39, 0.29) is 0 Å². The summed E-state index contributed by atoms with van der Waals surface area (Å²) in [5.41, 5.74) is 0.715. The molecule has 0 atom stereocenters. The van der Waals surface area contributed by atoms with E-state index < -0.39 is 0 Å². The lowest BCUT2D eigenvalue weighted by atomic mass is 10.6. The summed E-state index contributed by atoms with van der Waals surface area (Å²) in [6.07, 6.45) is 2.22. The predicted molar refractivity (Wildman–Crippen MR) is 21.9 cm³/mol. The molecular weight excluding hydrogens is 82.0 g/mol. The maximum atomic E-state index is 9.40. The van der Waals surface area contributed by atoms with Crippen LogP contribution in [0, 0.1) is 5.21 Å². The molecule has 0 aliphatic carbocycles. The summed E-state index contributed by atoms with van der Waals surface area (Å²) >= 11 is 0. The van der Waals surface area contributed by atoms with Crippen LogP contribution in [0.1, 0.15) is 0 Å². The zero-order valence-electron chi connectivity index (χ0n) is 3.29. The molecule has 0 aliphatic heterocycles. The van der Waals surface area contributed by atoms with E-state index >= 15 is 0 Å². The third-order valence-electron chi connectivity index (χ3n) is 0.338. The molecule has 0 aromatic carbocycles. The van der Waals surface area contributed by atoms with Crippen molar-refractivity contribution in [3.8, 4) is 0 Å². The first-order valence-corrected chi connectivity index (χ1v) is 1.64. The SMILES string of the molecule is [O-][NH2+]CC=CO. The number of quaternary nitrogens is 1. The van der Waals surface area contributed by atoms with Crippen molar-refractivity contribution in [2.45, 2.75) is 0 Å². The molecule has 3 nitrogen and oxygen atoms in total. The quantitative estimate of drug-likeness (QED) is 0.341. The van der Waals surface area contributed by atoms with Gasteiger partial charge in [0.15, 0.2) is 0 Å². The van der Waals surface area contributed by atoms with Crippen molar-refractivity contribution < 1.29 is 10.6 Å². The fourth-order valence-corrected chi connectivity index (χ4v) is 0.116. The summed E-state index contributed by atoms with van der Waals surface area (Å²) in [7, 11) is 0. The normalized spacial score (nSPS) is 10.2. The van der Waals surface area contributed by atoms with Crippen molar-refractivity contribution >= 4 is 0 Å². The molecule has 0 aromatic rings. The second kappa shape index (κ2) is 4.46. The molecule has 0 aliphatic rings. The molecule has 0 saturated heterocycles. The van der Waals surface area contributed by atoms with Gasteiger partial charge in [-0.25, -0.2) is 0 Å². The van der Waals surface area contributed by atoms with E-state index in [0.29, 0.717) is 12.0 Å². The average Bonchev–Trinajstić information content (AvgIpc) is 1.61. The first-order valence-electron chi connectivity index (χ1n) is 1.64. The van der Waals surface area contributed by atoms with Crippen LogP contribution in [0.3, 0.4) is 0 Å². The van der Waals surface area contributed by atoms with E-state index in [0.717, 1.165) is 6.26 Å². The molecule has 6 heavy (non-hydrogen) atoms. The standard InChI is InChI=1S/C3H7NO2/c5-3-1-2-4-6/h1,3,5H,2,4H2. The van der Waals surface area contributed by atoms with E-state index in [4.69, 9.17) is 5.11 Å². The Morgan fingerprint density at radius 2 is 2.50 bits per heavy atom. The minimum absolute atomic E-state index is 0.302. The summed E-state index contributed by atoms with van der Waals surface area (Å²) in [6.45, 7) is 0.302. The van der Waals surface area contributed by atoms with Crippen LogP contribution in [-0.4, -0.2) is 11.7 Å². The van der Waals surface area contributed by atoms with E-state index in [9.17, 15) is 5.21 Å². The summed E-state index contributed by atoms with van der Waals surface area (Å²) in [4.78, 5) is 0. The lowest BCUT2D eigenvalue weighted by Crippen LogP contribution is -2.76. The van der Waals surface area contributed by atoms with Gasteiger partial charge < -0.3 is 15.8 Å². The third-order valence-corrected chi connectivity index (χ3v) is 0.338. The first kappa shape index (κ1) is 5.46. The minimum atomic E-state index is 0.302. The molecule has 36 valence electrons. The molecule has 3 N–H and O–H groups in total. The first-order chi connectivity index (χ1) is 2.91. The largest absolute Gasteiger partial charge is 0.636 e. The van der Waals surface area contributed by atoms with Crippen LogP contribution in [0.4, 0.5) is 0 Å². The van der Waals surface area contributed by atoms with Crippen LogP contribution >= 0.6 is 0 Å². The predicted octanol–water partition coefficient (Wildman–Crippen LogP) is -0.881. The minimum Gasteiger partial charge on any atom is -0.636 e. The summed E-state index contributed by atoms with van der Waals surface area (Å²) in [5, 5.41) is 17.3. The zero-order chi connectivity index (χ0) is 4.83. The molecule has 0 rings (SSSR count). The molecule has 0 fully saturated rings. The van der Waals surface area contributed by atoms with Crippen molar-refractivity contribution in [1.82, 2.24) is 0 Å². The number of hydroxylamine groups is 1. The number of hydrogen-bond donors (Lipinski definition) is 2. The molecule has 0 bridgehead atoms. The Hall–Kier alpha value is -0.540. The maximum absolute atomic E-state index is 9.40. The molecule has 0 spiro atoms. The third kappa shape index (κ3) is 3.46. The second-order valence-electron chi connectivity index (χ2n) is 0.787. The molecule has 0 radical (unpaired) electrons. The van der Waals surface area contributed by atoms with Crippen molar-refractivity contribution in [3.05, 3.63) is 17.5 Å². The fourth-order valence-electron chi connectivity index (χ4n) is 0.116. The van der Waals surface area contributed by atoms with Gasteiger partial charge >= 0.3 is 0 Å². The number of rotatable bonds is 2. The number of aliphatic hydroxyl groups excluding tert-OH is 1. The van der Waals surface area contributed by atoms with Crippen LogP contribution in [0.2, 0.25) is 0 Å². The van der Waals surface area contributed by atoms with Gasteiger partial charge in [0, 0.05) is 6.08 Å². The average molecular weight is 89.1 g/mol. The highest BCUT2D eigenvalue weighted by Gasteiger charge is 1.62. The molecule has 0 heterocycles. The van der Waals surface area contributed by atoms with Crippen LogP contribution in [-0.2, 0) is 0 Å². The maximum Gasteiger partial charge on any atom is 0.0972 e. The van der Waals surface area contributed by atoms with Gasteiger partial charge in [-0.15, -0.1) is 0 Å². The van der Waals surface area contributed by atoms with Gasteiger partial charge in [0.05, 0.1) is 12.8 Å². The number of nitrogens with two attached hydrogens (primary N) is 1. The van der Waals surface area contributed by atoms with E-state index in [1.807, 2.05) is 0 Å². The Morgan fingerprint density at radius 1 is 1.83 bits per heavy atom. The Labute approximate surface area is 35.9 Å². The fraction of sp³-hybridized carbons (Fsp3) is 0.333. The Balaban J connectivity index is 2.66. The van der Waals surface area contributed by atoms with Crippen LogP contribution in [0.5, 0.6) is 0 Å². The smallest absolute Gasteiger partial charge is 0.0972 e. The van der Waals surface area contributed by atoms with Gasteiger partial charge in [0.2, 0.25) is 0 Å². The topological polar surface area (TPSA) is 59.9 Å². The Bertz CT molecular complexity index is 44.1. The van der Waals surface area contributed by atoms with Gasteiger partial charge in [0.25, 0.3) is 0 Å². The highest BCUT2D eigenvalue weighted by molar-refractivity contribution is 4.67. The van der Waals surface area contributed by atoms with Crippen molar-refractivity contribution in [2.24, 2.45) is 0 Å². The number of aliphatic hydroxyl groups is 1. The van der Waals surface area contributed by atoms with Crippen LogP contribution < -0.4 is 5.48 Å². The molecule has 0 aromatic heterocycles. The van der Waals surface area contributed by atoms with Gasteiger partial charge in [-0.3, -0.25) is 0 Å². The second-order valence-corrected chi connectivity index (χ2v) is 0.787. The number of hydrogen-bond acceptors (Lipinski definition) is 2. The molecular formula is C3H7NO2. The summed E-state index contributed by atoms with van der Waals surface area (Å²) in [5.74, 6) is 0. The van der Waals surface area contributed by atoms with Crippen molar-refractivity contribution in [1.29, 1.82) is 0 Å². The highest BCUT2D eigenvalue weighted by atomic mass is 16.5. The van der Waals surface area contributed by atoms with Gasteiger partial charge in [0.1, 0.15) is 0 Å². The summed E-state index contributed by atoms with van der Waals surface area (Å²) < 4.78 is 0. The van der Waals surface area contributed by atoms with Gasteiger partial charge in [-0.1, -0.05) is 0 Å². The lowest BCUT2D eigenvalue weighted by molar-refractivity contribution is -0.578. The van der Waals surface area contributed by atoms with Crippen LogP contribution in [0.25, 0.3) is 0 Å². The lowest BCUT2D eigenvalue weighted by Gasteiger charge is -1.91. The van der Waals surface area contributed by atoms with Gasteiger partial charge in [-0.2, -0.15) is 0 Å². The Morgan fingerprint density at radius 3 is 2.67 bits per heavy atom. The summed E-state index contributed by atoms with van der Waals surface area (Å²) in [6, 6.07) is 0. The zero-order valence-corrected chi connectivity index (χ0v) is 3.29. The molecule has 0 saturated carbocycles.